The van der Waals surface area contributed by atoms with Crippen molar-refractivity contribution in [2.45, 2.75) is 0 Å². The number of nitrogens with one attached hydrogen (secondary N) is 1. The number of hydrogen-bond acceptors (Lipinski definition) is 5. The van der Waals surface area contributed by atoms with Crippen LogP contribution in [0.15, 0.2) is 22.7 Å². The molecule has 0 saturated heterocycles. The highest BCUT2D eigenvalue weighted by molar-refractivity contribution is 5.90. The highest BCUT2D eigenvalue weighted by Gasteiger charge is 2.16. The Morgan fingerprint density at radius 2 is 2.29 bits per heavy atom. The molecular formula is C10H9FN4O2. The Hall–Kier alpha value is -2.44. The summed E-state index contributed by atoms with van der Waals surface area (Å²) < 4.78 is 17.9. The fourth-order valence-electron chi connectivity index (χ4n) is 1.25. The predicted octanol–water partition coefficient (Wildman–Crippen LogP) is 0.818. The number of amides is 1. The molecule has 17 heavy (non-hydrogen) atoms. The van der Waals surface area contributed by atoms with Gasteiger partial charge in [-0.25, -0.2) is 4.39 Å². The van der Waals surface area contributed by atoms with Crippen molar-refractivity contribution < 1.29 is 13.7 Å². The Morgan fingerprint density at radius 3 is 3.00 bits per heavy atom. The van der Waals surface area contributed by atoms with E-state index in [-0.39, 0.29) is 17.3 Å². The van der Waals surface area contributed by atoms with Gasteiger partial charge >= 0.3 is 0 Å². The molecule has 88 valence electrons. The second kappa shape index (κ2) is 4.20. The molecule has 6 nitrogen and oxygen atoms in total. The first-order valence-corrected chi connectivity index (χ1v) is 4.73. The van der Waals surface area contributed by atoms with Crippen LogP contribution in [-0.2, 0) is 0 Å². The number of hydrogen-bond donors (Lipinski definition) is 2. The number of nitrogens with two attached hydrogens (primary N) is 1. The fourth-order valence-corrected chi connectivity index (χ4v) is 1.25. The number of benzene rings is 1. The summed E-state index contributed by atoms with van der Waals surface area (Å²) in [5, 5.41) is 5.80. The SMILES string of the molecule is CNC(=O)c1noc(-c2cc(F)ccc2N)n1. The van der Waals surface area contributed by atoms with E-state index in [4.69, 9.17) is 10.3 Å². The number of aromatic nitrogens is 2. The third-order valence-corrected chi connectivity index (χ3v) is 2.10. The van der Waals surface area contributed by atoms with Crippen molar-refractivity contribution in [3.05, 3.63) is 29.8 Å². The van der Waals surface area contributed by atoms with Gasteiger partial charge in [-0.05, 0) is 18.2 Å². The van der Waals surface area contributed by atoms with E-state index in [1.54, 1.807) is 0 Å². The van der Waals surface area contributed by atoms with Crippen LogP contribution in [0.3, 0.4) is 0 Å². The lowest BCUT2D eigenvalue weighted by Gasteiger charge is -1.99. The average Bonchev–Trinajstić information content (AvgIpc) is 2.80. The van der Waals surface area contributed by atoms with E-state index in [1.807, 2.05) is 0 Å². The molecule has 0 aliphatic heterocycles. The third-order valence-electron chi connectivity index (χ3n) is 2.10. The largest absolute Gasteiger partial charge is 0.398 e. The van der Waals surface area contributed by atoms with Crippen LogP contribution in [0.2, 0.25) is 0 Å². The van der Waals surface area contributed by atoms with Crippen LogP contribution in [0.1, 0.15) is 10.6 Å². The Kier molecular flexibility index (Phi) is 2.73. The first-order chi connectivity index (χ1) is 8.11. The molecule has 0 aliphatic rings. The summed E-state index contributed by atoms with van der Waals surface area (Å²) in [6.45, 7) is 0. The molecule has 1 amide bonds. The molecule has 0 fully saturated rings. The Balaban J connectivity index is 2.43. The number of halogens is 1. The Morgan fingerprint density at radius 1 is 1.53 bits per heavy atom. The van der Waals surface area contributed by atoms with Gasteiger partial charge in [-0.1, -0.05) is 5.16 Å². The summed E-state index contributed by atoms with van der Waals surface area (Å²) in [6, 6.07) is 3.76. The van der Waals surface area contributed by atoms with Crippen molar-refractivity contribution in [2.24, 2.45) is 0 Å². The van der Waals surface area contributed by atoms with E-state index in [0.717, 1.165) is 6.07 Å². The summed E-state index contributed by atoms with van der Waals surface area (Å²) in [5.41, 5.74) is 6.19. The normalized spacial score (nSPS) is 10.2. The molecule has 1 heterocycles. The van der Waals surface area contributed by atoms with Crippen LogP contribution in [0.4, 0.5) is 10.1 Å². The molecule has 0 saturated carbocycles. The first-order valence-electron chi connectivity index (χ1n) is 4.73. The number of anilines is 1. The molecule has 0 spiro atoms. The van der Waals surface area contributed by atoms with E-state index in [1.165, 1.54) is 19.2 Å². The van der Waals surface area contributed by atoms with Gasteiger partial charge in [0.25, 0.3) is 17.6 Å². The van der Waals surface area contributed by atoms with Gasteiger partial charge in [0, 0.05) is 12.7 Å². The van der Waals surface area contributed by atoms with Gasteiger partial charge < -0.3 is 15.6 Å². The third kappa shape index (κ3) is 2.07. The lowest BCUT2D eigenvalue weighted by atomic mass is 10.2. The second-order valence-electron chi connectivity index (χ2n) is 3.23. The minimum absolute atomic E-state index is 0.000556. The highest BCUT2D eigenvalue weighted by Crippen LogP contribution is 2.24. The van der Waals surface area contributed by atoms with E-state index < -0.39 is 11.7 Å². The highest BCUT2D eigenvalue weighted by atomic mass is 19.1. The van der Waals surface area contributed by atoms with Crippen LogP contribution in [0, 0.1) is 5.82 Å². The molecule has 1 aromatic heterocycles. The van der Waals surface area contributed by atoms with Gasteiger partial charge in [0.15, 0.2) is 0 Å². The zero-order valence-corrected chi connectivity index (χ0v) is 8.90. The topological polar surface area (TPSA) is 94.0 Å². The van der Waals surface area contributed by atoms with Gasteiger partial charge in [-0.3, -0.25) is 4.79 Å². The molecule has 2 rings (SSSR count). The summed E-state index contributed by atoms with van der Waals surface area (Å²) in [5.74, 6) is -1.10. The van der Waals surface area contributed by atoms with E-state index in [2.05, 4.69) is 15.5 Å². The van der Waals surface area contributed by atoms with Crippen LogP contribution >= 0.6 is 0 Å². The molecule has 3 N–H and O–H groups in total. The van der Waals surface area contributed by atoms with Crippen molar-refractivity contribution >= 4 is 11.6 Å². The smallest absolute Gasteiger partial charge is 0.292 e. The maximum atomic E-state index is 13.0. The fraction of sp³-hybridized carbons (Fsp3) is 0.100. The summed E-state index contributed by atoms with van der Waals surface area (Å²) in [4.78, 5) is 15.0. The molecule has 1 aromatic carbocycles. The molecule has 2 aromatic rings. The summed E-state index contributed by atoms with van der Waals surface area (Å²) in [6.07, 6.45) is 0. The van der Waals surface area contributed by atoms with Crippen molar-refractivity contribution in [3.8, 4) is 11.5 Å². The zero-order chi connectivity index (χ0) is 12.4. The van der Waals surface area contributed by atoms with Crippen molar-refractivity contribution in [1.82, 2.24) is 15.5 Å². The van der Waals surface area contributed by atoms with Crippen LogP contribution in [0.5, 0.6) is 0 Å². The number of rotatable bonds is 2. The quantitative estimate of drug-likeness (QED) is 0.753. The van der Waals surface area contributed by atoms with Gasteiger partial charge in [-0.2, -0.15) is 4.98 Å². The summed E-state index contributed by atoms with van der Waals surface area (Å²) in [7, 11) is 1.44. The molecule has 7 heteroatoms. The second-order valence-corrected chi connectivity index (χ2v) is 3.23. The monoisotopic (exact) mass is 236 g/mol. The van der Waals surface area contributed by atoms with Gasteiger partial charge in [0.2, 0.25) is 0 Å². The Bertz CT molecular complexity index is 567. The maximum Gasteiger partial charge on any atom is 0.292 e. The van der Waals surface area contributed by atoms with Crippen molar-refractivity contribution in [3.63, 3.8) is 0 Å². The molecule has 0 bridgehead atoms. The van der Waals surface area contributed by atoms with Gasteiger partial charge in [-0.15, -0.1) is 0 Å². The van der Waals surface area contributed by atoms with Gasteiger partial charge in [0.05, 0.1) is 5.56 Å². The van der Waals surface area contributed by atoms with Crippen LogP contribution in [0.25, 0.3) is 11.5 Å². The number of nitrogen functional groups attached to an aromatic ring is 1. The van der Waals surface area contributed by atoms with E-state index >= 15 is 0 Å². The van der Waals surface area contributed by atoms with Crippen molar-refractivity contribution in [1.29, 1.82) is 0 Å². The van der Waals surface area contributed by atoms with Gasteiger partial charge in [0.1, 0.15) is 5.82 Å². The maximum absolute atomic E-state index is 13.0. The minimum atomic E-state index is -0.491. The van der Waals surface area contributed by atoms with Crippen LogP contribution < -0.4 is 11.1 Å². The minimum Gasteiger partial charge on any atom is -0.398 e. The standard InChI is InChI=1S/C10H9FN4O2/c1-13-9(16)8-14-10(17-15-8)6-4-5(11)2-3-7(6)12/h2-4H,12H2,1H3,(H,13,16). The molecule has 0 aliphatic carbocycles. The Labute approximate surface area is 95.6 Å². The molecule has 0 atom stereocenters. The number of nitrogens with zero attached hydrogens (tertiary/aromatic N) is 2. The van der Waals surface area contributed by atoms with E-state index in [0.29, 0.717) is 5.69 Å². The predicted molar refractivity (Wildman–Crippen MR) is 57.5 cm³/mol. The molecule has 0 unspecified atom stereocenters. The zero-order valence-electron chi connectivity index (χ0n) is 8.90. The molecule has 0 radical (unpaired) electrons. The van der Waals surface area contributed by atoms with E-state index in [9.17, 15) is 9.18 Å². The number of carbonyl (C=O) groups excluding carboxylic acids is 1. The lowest BCUT2D eigenvalue weighted by molar-refractivity contribution is 0.0950. The first kappa shape index (κ1) is 11.1. The summed E-state index contributed by atoms with van der Waals surface area (Å²) >= 11 is 0. The molecular weight excluding hydrogens is 227 g/mol. The average molecular weight is 236 g/mol. The lowest BCUT2D eigenvalue weighted by Crippen LogP contribution is -2.19. The number of carbonyl (C=O) groups is 1. The van der Waals surface area contributed by atoms with Crippen LogP contribution in [-0.4, -0.2) is 23.1 Å². The van der Waals surface area contributed by atoms with Crippen molar-refractivity contribution in [2.75, 3.05) is 12.8 Å².